The van der Waals surface area contributed by atoms with E-state index >= 15 is 0 Å². The van der Waals surface area contributed by atoms with Crippen molar-refractivity contribution in [2.75, 3.05) is 0 Å². The van der Waals surface area contributed by atoms with E-state index in [1.54, 1.807) is 0 Å². The second-order valence-electron chi connectivity index (χ2n) is 5.66. The molecule has 0 aliphatic heterocycles. The van der Waals surface area contributed by atoms with Crippen LogP contribution >= 0.6 is 0 Å². The van der Waals surface area contributed by atoms with Crippen LogP contribution in [0.1, 0.15) is 32.3 Å². The average Bonchev–Trinajstić information content (AvgIpc) is 2.41. The number of nitrogens with one attached hydrogen (secondary N) is 1. The standard InChI is InChI=1S/C16H20N2O3/c1-10-9-11(2)15(17-12(3)19)16(18(20)21)14(10)13-7-5-4-6-8-13/h4-10,14-16H,1-3H3,(H,17,19)/t10-,14-,15+,16-/m1/s1. The third-order valence-corrected chi connectivity index (χ3v) is 4.08. The van der Waals surface area contributed by atoms with Crippen LogP contribution in [0.15, 0.2) is 42.0 Å². The van der Waals surface area contributed by atoms with Gasteiger partial charge < -0.3 is 5.32 Å². The largest absolute Gasteiger partial charge is 0.343 e. The van der Waals surface area contributed by atoms with Gasteiger partial charge in [0, 0.05) is 11.8 Å². The van der Waals surface area contributed by atoms with Gasteiger partial charge in [-0.3, -0.25) is 14.9 Å². The van der Waals surface area contributed by atoms with E-state index in [2.05, 4.69) is 5.32 Å². The Morgan fingerprint density at radius 1 is 1.29 bits per heavy atom. The first-order valence-electron chi connectivity index (χ1n) is 7.05. The zero-order chi connectivity index (χ0) is 15.6. The summed E-state index contributed by atoms with van der Waals surface area (Å²) in [5, 5.41) is 14.4. The molecule has 2 rings (SSSR count). The summed E-state index contributed by atoms with van der Waals surface area (Å²) < 4.78 is 0. The van der Waals surface area contributed by atoms with Gasteiger partial charge in [0.1, 0.15) is 6.04 Å². The lowest BCUT2D eigenvalue weighted by molar-refractivity contribution is -0.531. The number of hydrogen-bond donors (Lipinski definition) is 1. The second-order valence-corrected chi connectivity index (χ2v) is 5.66. The molecular weight excluding hydrogens is 268 g/mol. The molecule has 0 saturated heterocycles. The molecule has 0 fully saturated rings. The number of nitro groups is 1. The minimum absolute atomic E-state index is 0.0489. The predicted molar refractivity (Wildman–Crippen MR) is 80.5 cm³/mol. The highest BCUT2D eigenvalue weighted by Crippen LogP contribution is 2.38. The van der Waals surface area contributed by atoms with Gasteiger partial charge in [-0.2, -0.15) is 0 Å². The van der Waals surface area contributed by atoms with Crippen molar-refractivity contribution < 1.29 is 9.72 Å². The molecule has 0 aromatic heterocycles. The molecule has 0 saturated carbocycles. The number of carbonyl (C=O) groups excluding carboxylic acids is 1. The minimum atomic E-state index is -0.851. The molecule has 1 aliphatic rings. The van der Waals surface area contributed by atoms with Gasteiger partial charge >= 0.3 is 0 Å². The molecule has 112 valence electrons. The van der Waals surface area contributed by atoms with Crippen molar-refractivity contribution in [3.63, 3.8) is 0 Å². The first-order chi connectivity index (χ1) is 9.91. The quantitative estimate of drug-likeness (QED) is 0.527. The third kappa shape index (κ3) is 3.12. The first kappa shape index (κ1) is 15.2. The number of allylic oxidation sites excluding steroid dienone is 1. The molecular formula is C16H20N2O3. The predicted octanol–water partition coefficient (Wildman–Crippen LogP) is 2.52. The topological polar surface area (TPSA) is 72.2 Å². The summed E-state index contributed by atoms with van der Waals surface area (Å²) in [5.74, 6) is -0.449. The lowest BCUT2D eigenvalue weighted by Crippen LogP contribution is -2.53. The molecule has 0 radical (unpaired) electrons. The van der Waals surface area contributed by atoms with Crippen LogP contribution in [0, 0.1) is 16.0 Å². The molecule has 0 bridgehead atoms. The van der Waals surface area contributed by atoms with Crippen LogP contribution in [0.3, 0.4) is 0 Å². The Hall–Kier alpha value is -2.17. The lowest BCUT2D eigenvalue weighted by Gasteiger charge is -2.36. The summed E-state index contributed by atoms with van der Waals surface area (Å²) in [6.07, 6.45) is 2.03. The fraction of sp³-hybridized carbons (Fsp3) is 0.438. The van der Waals surface area contributed by atoms with Crippen molar-refractivity contribution in [3.8, 4) is 0 Å². The number of nitrogens with zero attached hydrogens (tertiary/aromatic N) is 1. The van der Waals surface area contributed by atoms with Crippen molar-refractivity contribution in [3.05, 3.63) is 57.7 Å². The number of rotatable bonds is 3. The van der Waals surface area contributed by atoms with Crippen molar-refractivity contribution in [1.29, 1.82) is 0 Å². The molecule has 1 aromatic carbocycles. The smallest absolute Gasteiger partial charge is 0.244 e. The number of amides is 1. The minimum Gasteiger partial charge on any atom is -0.343 e. The molecule has 1 aromatic rings. The van der Waals surface area contributed by atoms with Gasteiger partial charge in [-0.25, -0.2) is 0 Å². The van der Waals surface area contributed by atoms with Crippen LogP contribution in [0.2, 0.25) is 0 Å². The molecule has 1 amide bonds. The summed E-state index contributed by atoms with van der Waals surface area (Å²) in [6, 6.07) is 8.09. The van der Waals surface area contributed by atoms with Gasteiger partial charge in [0.15, 0.2) is 0 Å². The first-order valence-corrected chi connectivity index (χ1v) is 7.05. The fourth-order valence-electron chi connectivity index (χ4n) is 3.26. The van der Waals surface area contributed by atoms with Crippen molar-refractivity contribution in [2.24, 2.45) is 5.92 Å². The van der Waals surface area contributed by atoms with Gasteiger partial charge in [0.05, 0.1) is 5.92 Å². The van der Waals surface area contributed by atoms with Crippen LogP contribution in [-0.2, 0) is 4.79 Å². The SMILES string of the molecule is CC(=O)N[C@H]1C(C)=C[C@@H](C)[C@H](c2ccccc2)[C@H]1[N+](=O)[O-]. The molecule has 21 heavy (non-hydrogen) atoms. The zero-order valence-corrected chi connectivity index (χ0v) is 12.4. The summed E-state index contributed by atoms with van der Waals surface area (Å²) in [7, 11) is 0. The Labute approximate surface area is 124 Å². The van der Waals surface area contributed by atoms with E-state index in [0.29, 0.717) is 0 Å². The van der Waals surface area contributed by atoms with Gasteiger partial charge in [-0.1, -0.05) is 43.3 Å². The van der Waals surface area contributed by atoms with E-state index in [1.807, 2.05) is 50.3 Å². The molecule has 5 heteroatoms. The molecule has 0 unspecified atom stereocenters. The summed E-state index contributed by atoms with van der Waals surface area (Å²) >= 11 is 0. The van der Waals surface area contributed by atoms with Gasteiger partial charge in [-0.15, -0.1) is 0 Å². The third-order valence-electron chi connectivity index (χ3n) is 4.08. The van der Waals surface area contributed by atoms with Crippen LogP contribution in [0.25, 0.3) is 0 Å². The summed E-state index contributed by atoms with van der Waals surface area (Å²) in [6.45, 7) is 5.22. The Balaban J connectivity index is 2.47. The maximum atomic E-state index is 11.6. The average molecular weight is 288 g/mol. The lowest BCUT2D eigenvalue weighted by atomic mass is 9.72. The summed E-state index contributed by atoms with van der Waals surface area (Å²) in [4.78, 5) is 22.8. The molecule has 5 nitrogen and oxygen atoms in total. The van der Waals surface area contributed by atoms with E-state index in [1.165, 1.54) is 6.92 Å². The Morgan fingerprint density at radius 2 is 1.90 bits per heavy atom. The van der Waals surface area contributed by atoms with Gasteiger partial charge in [0.2, 0.25) is 11.9 Å². The molecule has 4 atom stereocenters. The number of benzene rings is 1. The number of carbonyl (C=O) groups is 1. The van der Waals surface area contributed by atoms with Gasteiger partial charge in [0.25, 0.3) is 0 Å². The van der Waals surface area contributed by atoms with E-state index in [4.69, 9.17) is 0 Å². The van der Waals surface area contributed by atoms with E-state index in [9.17, 15) is 14.9 Å². The van der Waals surface area contributed by atoms with E-state index < -0.39 is 12.1 Å². The maximum absolute atomic E-state index is 11.6. The normalized spacial score (nSPS) is 28.6. The zero-order valence-electron chi connectivity index (χ0n) is 12.4. The van der Waals surface area contributed by atoms with Crippen LogP contribution in [-0.4, -0.2) is 22.9 Å². The molecule has 0 heterocycles. The molecule has 1 N–H and O–H groups in total. The fourth-order valence-corrected chi connectivity index (χ4v) is 3.26. The highest BCUT2D eigenvalue weighted by atomic mass is 16.6. The van der Waals surface area contributed by atoms with E-state index in [-0.39, 0.29) is 22.7 Å². The second kappa shape index (κ2) is 6.08. The van der Waals surface area contributed by atoms with Crippen molar-refractivity contribution >= 4 is 5.91 Å². The monoisotopic (exact) mass is 288 g/mol. The molecule has 1 aliphatic carbocycles. The van der Waals surface area contributed by atoms with Crippen molar-refractivity contribution in [1.82, 2.24) is 5.32 Å². The Bertz CT molecular complexity index is 568. The van der Waals surface area contributed by atoms with Crippen LogP contribution in [0.5, 0.6) is 0 Å². The van der Waals surface area contributed by atoms with Gasteiger partial charge in [-0.05, 0) is 24.0 Å². The van der Waals surface area contributed by atoms with Crippen LogP contribution < -0.4 is 5.32 Å². The van der Waals surface area contributed by atoms with Crippen molar-refractivity contribution in [2.45, 2.75) is 38.8 Å². The highest BCUT2D eigenvalue weighted by Gasteiger charge is 2.46. The van der Waals surface area contributed by atoms with Crippen LogP contribution in [0.4, 0.5) is 0 Å². The van der Waals surface area contributed by atoms with E-state index in [0.717, 1.165) is 11.1 Å². The maximum Gasteiger partial charge on any atom is 0.244 e. The number of hydrogen-bond acceptors (Lipinski definition) is 3. The summed E-state index contributed by atoms with van der Waals surface area (Å²) in [5.41, 5.74) is 1.79. The highest BCUT2D eigenvalue weighted by molar-refractivity contribution is 5.73. The Kier molecular flexibility index (Phi) is 4.40. The Morgan fingerprint density at radius 3 is 2.43 bits per heavy atom. The molecule has 0 spiro atoms.